The second-order valence-electron chi connectivity index (χ2n) is 5.74. The van der Waals surface area contributed by atoms with E-state index in [-0.39, 0.29) is 24.4 Å². The Morgan fingerprint density at radius 2 is 1.91 bits per heavy atom. The predicted molar refractivity (Wildman–Crippen MR) is 93.3 cm³/mol. The van der Waals surface area contributed by atoms with Crippen LogP contribution in [0.1, 0.15) is 35.8 Å². The van der Waals surface area contributed by atoms with Crippen LogP contribution in [-0.2, 0) is 6.42 Å². The first kappa shape index (κ1) is 17.5. The highest BCUT2D eigenvalue weighted by Gasteiger charge is 2.25. The van der Waals surface area contributed by atoms with Crippen molar-refractivity contribution in [3.8, 4) is 5.69 Å². The first-order chi connectivity index (χ1) is 10.7. The van der Waals surface area contributed by atoms with Crippen molar-refractivity contribution in [2.75, 3.05) is 13.1 Å². The Morgan fingerprint density at radius 1 is 1.26 bits per heavy atom. The summed E-state index contributed by atoms with van der Waals surface area (Å²) in [6, 6.07) is 10.2. The molecule has 2 N–H and O–H groups in total. The van der Waals surface area contributed by atoms with Crippen molar-refractivity contribution < 1.29 is 4.79 Å². The number of hydrogen-bond donors (Lipinski definition) is 1. The summed E-state index contributed by atoms with van der Waals surface area (Å²) in [7, 11) is 0. The first-order valence-corrected chi connectivity index (χ1v) is 7.88. The molecule has 1 aromatic carbocycles. The lowest BCUT2D eigenvalue weighted by atomic mass is 10.0. The average Bonchev–Trinajstić information content (AvgIpc) is 2.99. The van der Waals surface area contributed by atoms with E-state index in [1.807, 2.05) is 39.9 Å². The fourth-order valence-corrected chi connectivity index (χ4v) is 2.96. The lowest BCUT2D eigenvalue weighted by Crippen LogP contribution is -2.43. The van der Waals surface area contributed by atoms with E-state index in [4.69, 9.17) is 5.73 Å². The Balaban J connectivity index is 0.00000192. The molecule has 1 amide bonds. The number of nitrogens with two attached hydrogens (primary N) is 1. The van der Waals surface area contributed by atoms with E-state index in [9.17, 15) is 4.79 Å². The minimum Gasteiger partial charge on any atom is -0.338 e. The third-order valence-electron chi connectivity index (χ3n) is 4.26. The summed E-state index contributed by atoms with van der Waals surface area (Å²) in [6.45, 7) is 3.53. The van der Waals surface area contributed by atoms with E-state index in [2.05, 4.69) is 12.0 Å². The molecule has 1 aliphatic rings. The highest BCUT2D eigenvalue weighted by atomic mass is 35.5. The lowest BCUT2D eigenvalue weighted by molar-refractivity contribution is 0.0713. The van der Waals surface area contributed by atoms with Gasteiger partial charge in [0.1, 0.15) is 0 Å². The SMILES string of the molecule is CCc1c(C(=O)N2CCC(N)CC2)cnn1-c1ccccc1.Cl. The Hall–Kier alpha value is -1.85. The van der Waals surface area contributed by atoms with Crippen molar-refractivity contribution in [2.24, 2.45) is 5.73 Å². The number of carbonyl (C=O) groups is 1. The van der Waals surface area contributed by atoms with Crippen LogP contribution in [0.25, 0.3) is 5.69 Å². The van der Waals surface area contributed by atoms with Crippen LogP contribution in [0.4, 0.5) is 0 Å². The molecular formula is C17H23ClN4O. The van der Waals surface area contributed by atoms with Gasteiger partial charge in [0.25, 0.3) is 5.91 Å². The summed E-state index contributed by atoms with van der Waals surface area (Å²) in [6.07, 6.45) is 4.21. The zero-order valence-corrected chi connectivity index (χ0v) is 14.1. The Bertz CT molecular complexity index is 648. The Kier molecular flexibility index (Phi) is 5.80. The molecular weight excluding hydrogens is 312 g/mol. The quantitative estimate of drug-likeness (QED) is 0.937. The number of aromatic nitrogens is 2. The van der Waals surface area contributed by atoms with Gasteiger partial charge in [-0.05, 0) is 31.4 Å². The molecule has 0 atom stereocenters. The van der Waals surface area contributed by atoms with E-state index in [0.29, 0.717) is 5.56 Å². The zero-order chi connectivity index (χ0) is 15.5. The van der Waals surface area contributed by atoms with Gasteiger partial charge in [-0.2, -0.15) is 5.10 Å². The van der Waals surface area contributed by atoms with Crippen molar-refractivity contribution in [1.82, 2.24) is 14.7 Å². The molecule has 1 aromatic heterocycles. The van der Waals surface area contributed by atoms with Crippen LogP contribution < -0.4 is 5.73 Å². The van der Waals surface area contributed by atoms with Gasteiger partial charge in [0.15, 0.2) is 0 Å². The normalized spacial score (nSPS) is 15.3. The number of carbonyl (C=O) groups excluding carboxylic acids is 1. The maximum absolute atomic E-state index is 12.8. The molecule has 2 aromatic rings. The van der Waals surface area contributed by atoms with Gasteiger partial charge in [-0.25, -0.2) is 4.68 Å². The smallest absolute Gasteiger partial charge is 0.257 e. The summed E-state index contributed by atoms with van der Waals surface area (Å²) >= 11 is 0. The molecule has 5 nitrogen and oxygen atoms in total. The molecule has 0 bridgehead atoms. The number of halogens is 1. The van der Waals surface area contributed by atoms with Gasteiger partial charge >= 0.3 is 0 Å². The molecule has 1 aliphatic heterocycles. The number of benzene rings is 1. The van der Waals surface area contributed by atoms with Crippen LogP contribution in [0.5, 0.6) is 0 Å². The third-order valence-corrected chi connectivity index (χ3v) is 4.26. The largest absolute Gasteiger partial charge is 0.338 e. The summed E-state index contributed by atoms with van der Waals surface area (Å²) in [5, 5.41) is 4.43. The third kappa shape index (κ3) is 3.57. The predicted octanol–water partition coefficient (Wildman–Crippen LogP) is 2.42. The van der Waals surface area contributed by atoms with E-state index in [1.165, 1.54) is 0 Å². The topological polar surface area (TPSA) is 64.2 Å². The molecule has 3 rings (SSSR count). The van der Waals surface area contributed by atoms with Crippen molar-refractivity contribution in [3.63, 3.8) is 0 Å². The lowest BCUT2D eigenvalue weighted by Gasteiger charge is -2.30. The van der Waals surface area contributed by atoms with E-state index in [0.717, 1.165) is 43.7 Å². The Labute approximate surface area is 142 Å². The van der Waals surface area contributed by atoms with Crippen molar-refractivity contribution in [2.45, 2.75) is 32.2 Å². The minimum atomic E-state index is 0. The molecule has 0 unspecified atom stereocenters. The average molecular weight is 335 g/mol. The minimum absolute atomic E-state index is 0. The van der Waals surface area contributed by atoms with Crippen LogP contribution in [0, 0.1) is 0 Å². The van der Waals surface area contributed by atoms with Crippen LogP contribution >= 0.6 is 12.4 Å². The molecule has 1 saturated heterocycles. The number of hydrogen-bond acceptors (Lipinski definition) is 3. The second-order valence-corrected chi connectivity index (χ2v) is 5.74. The van der Waals surface area contributed by atoms with Gasteiger partial charge in [-0.1, -0.05) is 25.1 Å². The molecule has 1 fully saturated rings. The number of para-hydroxylation sites is 1. The van der Waals surface area contributed by atoms with Gasteiger partial charge in [0.05, 0.1) is 23.1 Å². The number of nitrogens with zero attached hydrogens (tertiary/aromatic N) is 3. The molecule has 0 saturated carbocycles. The molecule has 0 radical (unpaired) electrons. The van der Waals surface area contributed by atoms with Crippen molar-refractivity contribution >= 4 is 18.3 Å². The highest BCUT2D eigenvalue weighted by Crippen LogP contribution is 2.19. The first-order valence-electron chi connectivity index (χ1n) is 7.88. The fourth-order valence-electron chi connectivity index (χ4n) is 2.96. The maximum atomic E-state index is 12.8. The second kappa shape index (κ2) is 7.62. The van der Waals surface area contributed by atoms with Crippen LogP contribution in [0.3, 0.4) is 0 Å². The highest BCUT2D eigenvalue weighted by molar-refractivity contribution is 5.95. The van der Waals surface area contributed by atoms with Gasteiger partial charge in [0, 0.05) is 19.1 Å². The van der Waals surface area contributed by atoms with Crippen LogP contribution in [0.2, 0.25) is 0 Å². The monoisotopic (exact) mass is 334 g/mol. The van der Waals surface area contributed by atoms with Gasteiger partial charge < -0.3 is 10.6 Å². The molecule has 6 heteroatoms. The summed E-state index contributed by atoms with van der Waals surface area (Å²) < 4.78 is 1.86. The maximum Gasteiger partial charge on any atom is 0.257 e. The number of piperidine rings is 1. The van der Waals surface area contributed by atoms with Crippen molar-refractivity contribution in [3.05, 3.63) is 47.8 Å². The summed E-state index contributed by atoms with van der Waals surface area (Å²) in [5.74, 6) is 0.0749. The Morgan fingerprint density at radius 3 is 2.52 bits per heavy atom. The van der Waals surface area contributed by atoms with Crippen LogP contribution in [-0.4, -0.2) is 39.7 Å². The van der Waals surface area contributed by atoms with Crippen LogP contribution in [0.15, 0.2) is 36.5 Å². The molecule has 0 aliphatic carbocycles. The zero-order valence-electron chi connectivity index (χ0n) is 13.3. The molecule has 0 spiro atoms. The number of amides is 1. The fraction of sp³-hybridized carbons (Fsp3) is 0.412. The number of rotatable bonds is 3. The van der Waals surface area contributed by atoms with E-state index >= 15 is 0 Å². The molecule has 23 heavy (non-hydrogen) atoms. The number of likely N-dealkylation sites (tertiary alicyclic amines) is 1. The van der Waals surface area contributed by atoms with E-state index < -0.39 is 0 Å². The van der Waals surface area contributed by atoms with Crippen molar-refractivity contribution in [1.29, 1.82) is 0 Å². The summed E-state index contributed by atoms with van der Waals surface area (Å²) in [4.78, 5) is 14.7. The van der Waals surface area contributed by atoms with Gasteiger partial charge in [-0.15, -0.1) is 12.4 Å². The van der Waals surface area contributed by atoms with Gasteiger partial charge in [0.2, 0.25) is 0 Å². The molecule has 2 heterocycles. The van der Waals surface area contributed by atoms with E-state index in [1.54, 1.807) is 6.20 Å². The standard InChI is InChI=1S/C17H22N4O.ClH/c1-2-16-15(17(22)20-10-8-13(18)9-11-20)12-19-21(16)14-6-4-3-5-7-14;/h3-7,12-13H,2,8-11,18H2,1H3;1H. The summed E-state index contributed by atoms with van der Waals surface area (Å²) in [5.41, 5.74) is 8.58. The van der Waals surface area contributed by atoms with Gasteiger partial charge in [-0.3, -0.25) is 4.79 Å². The molecule has 124 valence electrons.